The first-order valence-corrected chi connectivity index (χ1v) is 5.32. The van der Waals surface area contributed by atoms with Gasteiger partial charge in [-0.3, -0.25) is 17.2 Å². The predicted octanol–water partition coefficient (Wildman–Crippen LogP) is -1.39. The summed E-state index contributed by atoms with van der Waals surface area (Å²) in [5, 5.41) is 0. The molecule has 0 saturated heterocycles. The third kappa shape index (κ3) is 5.99. The van der Waals surface area contributed by atoms with Gasteiger partial charge in [0.15, 0.2) is 0 Å². The topological polar surface area (TPSA) is 106 Å². The average molecular weight is 219 g/mol. The zero-order chi connectivity index (χ0) is 11.2. The van der Waals surface area contributed by atoms with Crippen LogP contribution >= 0.6 is 0 Å². The Bertz CT molecular complexity index is 187. The summed E-state index contributed by atoms with van der Waals surface area (Å²) in [5.74, 6) is -1.75. The van der Waals surface area contributed by atoms with Crippen molar-refractivity contribution in [2.75, 3.05) is 7.11 Å². The smallest absolute Gasteiger partial charge is 0.379 e. The van der Waals surface area contributed by atoms with Crippen molar-refractivity contribution in [3.63, 3.8) is 0 Å². The van der Waals surface area contributed by atoms with Crippen molar-refractivity contribution in [1.29, 1.82) is 0 Å². The minimum atomic E-state index is -2.45. The molecule has 0 saturated carbocycles. The number of rotatable bonds is 7. The molecule has 0 aliphatic heterocycles. The molecule has 0 rings (SSSR count). The molecular weight excluding hydrogens is 202 g/mol. The molecule has 0 fully saturated rings. The van der Waals surface area contributed by atoms with Gasteiger partial charge in [0.2, 0.25) is 5.97 Å². The van der Waals surface area contributed by atoms with Gasteiger partial charge >= 0.3 is 9.53 Å². The standard InChI is InChI=1S/C7H17N3O3Si/c1-4-6(5-2)12-14(11-3)13-7(8,9)10/h4-6,14H,1-2,8-10H2,3H3. The molecule has 1 unspecified atom stereocenters. The highest BCUT2D eigenvalue weighted by Gasteiger charge is 2.25. The summed E-state index contributed by atoms with van der Waals surface area (Å²) in [6, 6.07) is 0. The van der Waals surface area contributed by atoms with Crippen molar-refractivity contribution in [3.05, 3.63) is 25.3 Å². The first kappa shape index (κ1) is 13.5. The van der Waals surface area contributed by atoms with Crippen LogP contribution in [0.1, 0.15) is 0 Å². The minimum Gasteiger partial charge on any atom is -0.379 e. The third-order valence-corrected chi connectivity index (χ3v) is 2.75. The van der Waals surface area contributed by atoms with E-state index in [0.717, 1.165) is 0 Å². The molecule has 6 nitrogen and oxygen atoms in total. The molecule has 1 atom stereocenters. The summed E-state index contributed by atoms with van der Waals surface area (Å²) in [4.78, 5) is 0. The molecule has 0 aliphatic rings. The molecule has 0 aromatic carbocycles. The summed E-state index contributed by atoms with van der Waals surface area (Å²) in [6.07, 6.45) is 2.72. The molecule has 0 radical (unpaired) electrons. The van der Waals surface area contributed by atoms with E-state index in [2.05, 4.69) is 13.2 Å². The van der Waals surface area contributed by atoms with Crippen LogP contribution in [0.3, 0.4) is 0 Å². The maximum atomic E-state index is 5.29. The summed E-state index contributed by atoms with van der Waals surface area (Å²) in [5.41, 5.74) is 15.7. The molecule has 0 amide bonds. The number of hydrogen-bond acceptors (Lipinski definition) is 6. The Morgan fingerprint density at radius 2 is 1.79 bits per heavy atom. The summed E-state index contributed by atoms with van der Waals surface area (Å²) >= 11 is 0. The predicted molar refractivity (Wildman–Crippen MR) is 55.8 cm³/mol. The van der Waals surface area contributed by atoms with Gasteiger partial charge in [0, 0.05) is 7.11 Å². The monoisotopic (exact) mass is 219 g/mol. The van der Waals surface area contributed by atoms with Crippen LogP contribution in [0.5, 0.6) is 0 Å². The molecule has 6 N–H and O–H groups in total. The average Bonchev–Trinajstić information content (AvgIpc) is 2.10. The lowest BCUT2D eigenvalue weighted by Crippen LogP contribution is -2.63. The lowest BCUT2D eigenvalue weighted by molar-refractivity contribution is 0.00530. The zero-order valence-corrected chi connectivity index (χ0v) is 9.34. The largest absolute Gasteiger partial charge is 0.488 e. The molecule has 14 heavy (non-hydrogen) atoms. The van der Waals surface area contributed by atoms with Gasteiger partial charge in [0.25, 0.3) is 0 Å². The third-order valence-electron chi connectivity index (χ3n) is 1.23. The van der Waals surface area contributed by atoms with E-state index >= 15 is 0 Å². The van der Waals surface area contributed by atoms with Gasteiger partial charge in [-0.25, -0.2) is 0 Å². The van der Waals surface area contributed by atoms with E-state index in [1.54, 1.807) is 12.2 Å². The number of nitrogens with two attached hydrogens (primary N) is 3. The normalized spacial score (nSPS) is 14.1. The van der Waals surface area contributed by atoms with Gasteiger partial charge in [0.05, 0.1) is 6.10 Å². The quantitative estimate of drug-likeness (QED) is 0.276. The van der Waals surface area contributed by atoms with Crippen LogP contribution in [0.2, 0.25) is 0 Å². The van der Waals surface area contributed by atoms with Crippen molar-refractivity contribution in [1.82, 2.24) is 0 Å². The SMILES string of the molecule is C=CC(C=C)O[SiH](OC)OC(N)(N)N. The van der Waals surface area contributed by atoms with Crippen molar-refractivity contribution >= 4 is 9.53 Å². The van der Waals surface area contributed by atoms with E-state index in [1.807, 2.05) is 0 Å². The van der Waals surface area contributed by atoms with E-state index < -0.39 is 15.5 Å². The van der Waals surface area contributed by atoms with E-state index in [1.165, 1.54) is 7.11 Å². The maximum absolute atomic E-state index is 5.29. The fraction of sp³-hybridized carbons (Fsp3) is 0.429. The van der Waals surface area contributed by atoms with E-state index in [9.17, 15) is 0 Å². The van der Waals surface area contributed by atoms with Crippen molar-refractivity contribution in [3.8, 4) is 0 Å². The molecule has 0 spiro atoms. The molecule has 0 aliphatic carbocycles. The molecular formula is C7H17N3O3Si. The Morgan fingerprint density at radius 1 is 1.29 bits per heavy atom. The summed E-state index contributed by atoms with van der Waals surface area (Å²) < 4.78 is 15.2. The lowest BCUT2D eigenvalue weighted by atomic mass is 10.4. The molecule has 0 aromatic rings. The van der Waals surface area contributed by atoms with Crippen LogP contribution in [0, 0.1) is 0 Å². The highest BCUT2D eigenvalue weighted by atomic mass is 28.3. The molecule has 7 heteroatoms. The second-order valence-electron chi connectivity index (χ2n) is 2.57. The Hall–Kier alpha value is -0.543. The van der Waals surface area contributed by atoms with Crippen molar-refractivity contribution < 1.29 is 13.3 Å². The van der Waals surface area contributed by atoms with Crippen LogP contribution in [-0.4, -0.2) is 28.7 Å². The Balaban J connectivity index is 4.14. The molecule has 0 aromatic heterocycles. The van der Waals surface area contributed by atoms with Gasteiger partial charge in [-0.05, 0) is 0 Å². The second-order valence-corrected chi connectivity index (χ2v) is 4.12. The van der Waals surface area contributed by atoms with E-state index in [4.69, 9.17) is 30.5 Å². The molecule has 82 valence electrons. The van der Waals surface area contributed by atoms with Crippen LogP contribution < -0.4 is 17.2 Å². The second kappa shape index (κ2) is 6.04. The number of hydrogen-bond donors (Lipinski definition) is 3. The molecule has 0 heterocycles. The van der Waals surface area contributed by atoms with Crippen LogP contribution in [0.4, 0.5) is 0 Å². The molecule has 0 bridgehead atoms. The van der Waals surface area contributed by atoms with E-state index in [0.29, 0.717) is 0 Å². The Morgan fingerprint density at radius 3 is 2.07 bits per heavy atom. The van der Waals surface area contributed by atoms with Gasteiger partial charge in [-0.1, -0.05) is 12.2 Å². The van der Waals surface area contributed by atoms with Crippen LogP contribution in [0.15, 0.2) is 25.3 Å². The van der Waals surface area contributed by atoms with Crippen molar-refractivity contribution in [2.45, 2.75) is 12.1 Å². The minimum absolute atomic E-state index is 0.367. The van der Waals surface area contributed by atoms with Crippen LogP contribution in [-0.2, 0) is 13.3 Å². The Kier molecular flexibility index (Phi) is 5.80. The van der Waals surface area contributed by atoms with Gasteiger partial charge < -0.3 is 13.3 Å². The van der Waals surface area contributed by atoms with Gasteiger partial charge in [-0.2, -0.15) is 0 Å². The zero-order valence-electron chi connectivity index (χ0n) is 8.18. The van der Waals surface area contributed by atoms with Crippen LogP contribution in [0.25, 0.3) is 0 Å². The lowest BCUT2D eigenvalue weighted by Gasteiger charge is -2.25. The highest BCUT2D eigenvalue weighted by Crippen LogP contribution is 2.02. The summed E-state index contributed by atoms with van der Waals surface area (Å²) in [7, 11) is -1.03. The van der Waals surface area contributed by atoms with Gasteiger partial charge in [0.1, 0.15) is 0 Å². The Labute approximate surface area is 85.3 Å². The highest BCUT2D eigenvalue weighted by molar-refractivity contribution is 6.36. The fourth-order valence-corrected chi connectivity index (χ4v) is 1.71. The fourth-order valence-electron chi connectivity index (χ4n) is 0.634. The summed E-state index contributed by atoms with van der Waals surface area (Å²) in [6.45, 7) is 7.07. The van der Waals surface area contributed by atoms with Crippen molar-refractivity contribution in [2.24, 2.45) is 17.2 Å². The van der Waals surface area contributed by atoms with Gasteiger partial charge in [-0.15, -0.1) is 13.2 Å². The van der Waals surface area contributed by atoms with E-state index in [-0.39, 0.29) is 6.10 Å². The first-order chi connectivity index (χ1) is 6.42. The maximum Gasteiger partial charge on any atom is 0.488 e. The first-order valence-electron chi connectivity index (χ1n) is 3.90.